The van der Waals surface area contributed by atoms with Crippen LogP contribution in [0.4, 0.5) is 17.5 Å². The summed E-state index contributed by atoms with van der Waals surface area (Å²) in [7, 11) is 0. The molecule has 4 rings (SSSR count). The molecule has 2 heterocycles. The zero-order chi connectivity index (χ0) is 17.9. The number of halogens is 1. The molecule has 1 N–H and O–H groups in total. The Kier molecular flexibility index (Phi) is 4.71. The van der Waals surface area contributed by atoms with Crippen molar-refractivity contribution in [3.63, 3.8) is 0 Å². The number of nitrogens with zero attached hydrogens (tertiary/aromatic N) is 4. The lowest BCUT2D eigenvalue weighted by Gasteiger charge is -2.22. The minimum atomic E-state index is 0.316. The molecule has 3 aromatic rings. The van der Waals surface area contributed by atoms with Crippen molar-refractivity contribution in [2.75, 3.05) is 16.8 Å². The molecule has 0 amide bonds. The van der Waals surface area contributed by atoms with Gasteiger partial charge in [-0.25, -0.2) is 0 Å². The zero-order valence-electron chi connectivity index (χ0n) is 14.6. The fourth-order valence-electron chi connectivity index (χ4n) is 3.38. The summed E-state index contributed by atoms with van der Waals surface area (Å²) in [5.74, 6) is 1.36. The molecule has 6 heteroatoms. The average molecular weight is 366 g/mol. The number of nitrogens with one attached hydrogen (secondary N) is 1. The topological polar surface area (TPSA) is 53.9 Å². The first kappa shape index (κ1) is 16.8. The number of fused-ring (bicyclic) bond motifs is 1. The maximum Gasteiger partial charge on any atom is 0.252 e. The standard InChI is InChI=1S/C20H20ClN5/c1-14-11-16-6-2-3-8-18(16)26(14)20-24-19(13-23-25-20)22-10-9-15-5-4-7-17(21)12-15/h2-8,12-14H,9-11H2,1H3,(H,22,24,25). The Morgan fingerprint density at radius 3 is 2.96 bits per heavy atom. The van der Waals surface area contributed by atoms with Crippen LogP contribution in [-0.2, 0) is 12.8 Å². The highest BCUT2D eigenvalue weighted by atomic mass is 35.5. The van der Waals surface area contributed by atoms with Crippen LogP contribution in [-0.4, -0.2) is 27.8 Å². The van der Waals surface area contributed by atoms with Crippen LogP contribution in [0.5, 0.6) is 0 Å². The molecule has 0 bridgehead atoms. The average Bonchev–Trinajstić information content (AvgIpc) is 2.98. The van der Waals surface area contributed by atoms with Crippen LogP contribution in [0.1, 0.15) is 18.1 Å². The molecule has 0 spiro atoms. The van der Waals surface area contributed by atoms with E-state index in [1.165, 1.54) is 11.1 Å². The smallest absolute Gasteiger partial charge is 0.252 e. The predicted molar refractivity (Wildman–Crippen MR) is 105 cm³/mol. The van der Waals surface area contributed by atoms with Crippen LogP contribution in [0, 0.1) is 0 Å². The van der Waals surface area contributed by atoms with E-state index >= 15 is 0 Å². The summed E-state index contributed by atoms with van der Waals surface area (Å²) >= 11 is 6.03. The van der Waals surface area contributed by atoms with Crippen LogP contribution >= 0.6 is 11.6 Å². The summed E-state index contributed by atoms with van der Waals surface area (Å²) in [5.41, 5.74) is 3.68. The second-order valence-electron chi connectivity index (χ2n) is 6.50. The third-order valence-corrected chi connectivity index (χ3v) is 4.81. The van der Waals surface area contributed by atoms with Gasteiger partial charge in [-0.3, -0.25) is 0 Å². The quantitative estimate of drug-likeness (QED) is 0.732. The predicted octanol–water partition coefficient (Wildman–Crippen LogP) is 4.26. The molecule has 1 aliphatic heterocycles. The van der Waals surface area contributed by atoms with Crippen LogP contribution in [0.3, 0.4) is 0 Å². The molecule has 26 heavy (non-hydrogen) atoms. The van der Waals surface area contributed by atoms with Crippen molar-refractivity contribution in [1.29, 1.82) is 0 Å². The van der Waals surface area contributed by atoms with Crippen molar-refractivity contribution >= 4 is 29.1 Å². The van der Waals surface area contributed by atoms with Gasteiger partial charge in [0.15, 0.2) is 5.82 Å². The van der Waals surface area contributed by atoms with Crippen molar-refractivity contribution in [1.82, 2.24) is 15.2 Å². The van der Waals surface area contributed by atoms with Crippen LogP contribution in [0.2, 0.25) is 5.02 Å². The fraction of sp³-hybridized carbons (Fsp3) is 0.250. The minimum Gasteiger partial charge on any atom is -0.368 e. The zero-order valence-corrected chi connectivity index (χ0v) is 15.3. The number of para-hydroxylation sites is 1. The normalized spacial score (nSPS) is 15.8. The lowest BCUT2D eigenvalue weighted by atomic mass is 10.1. The van der Waals surface area contributed by atoms with Gasteiger partial charge in [0.1, 0.15) is 0 Å². The van der Waals surface area contributed by atoms with Gasteiger partial charge in [0.05, 0.1) is 6.20 Å². The van der Waals surface area contributed by atoms with Crippen molar-refractivity contribution in [2.45, 2.75) is 25.8 Å². The first-order valence-electron chi connectivity index (χ1n) is 8.76. The summed E-state index contributed by atoms with van der Waals surface area (Å²) in [6, 6.07) is 16.6. The van der Waals surface area contributed by atoms with E-state index in [2.05, 4.69) is 56.6 Å². The molecule has 0 radical (unpaired) electrons. The molecule has 1 aliphatic rings. The van der Waals surface area contributed by atoms with E-state index < -0.39 is 0 Å². The molecule has 1 unspecified atom stereocenters. The first-order valence-corrected chi connectivity index (χ1v) is 9.14. The van der Waals surface area contributed by atoms with Crippen molar-refractivity contribution in [3.8, 4) is 0 Å². The summed E-state index contributed by atoms with van der Waals surface area (Å²) in [6.07, 6.45) is 3.52. The molecule has 1 atom stereocenters. The summed E-state index contributed by atoms with van der Waals surface area (Å²) < 4.78 is 0. The second-order valence-corrected chi connectivity index (χ2v) is 6.94. The first-order chi connectivity index (χ1) is 12.7. The van der Waals surface area contributed by atoms with Gasteiger partial charge in [0, 0.05) is 23.3 Å². The summed E-state index contributed by atoms with van der Waals surface area (Å²) in [5, 5.41) is 12.5. The van der Waals surface area contributed by atoms with Crippen LogP contribution in [0.25, 0.3) is 0 Å². The van der Waals surface area contributed by atoms with Crippen LogP contribution < -0.4 is 10.2 Å². The highest BCUT2D eigenvalue weighted by molar-refractivity contribution is 6.30. The Hall–Kier alpha value is -2.66. The van der Waals surface area contributed by atoms with Gasteiger partial charge in [-0.2, -0.15) is 10.1 Å². The minimum absolute atomic E-state index is 0.316. The Balaban J connectivity index is 1.47. The van der Waals surface area contributed by atoms with E-state index in [1.807, 2.05) is 24.3 Å². The molecule has 0 saturated carbocycles. The van der Waals surface area contributed by atoms with Crippen molar-refractivity contribution in [3.05, 3.63) is 70.9 Å². The van der Waals surface area contributed by atoms with Gasteiger partial charge in [0.25, 0.3) is 5.95 Å². The maximum atomic E-state index is 6.03. The largest absolute Gasteiger partial charge is 0.368 e. The Bertz CT molecular complexity index is 914. The summed E-state index contributed by atoms with van der Waals surface area (Å²) in [4.78, 5) is 6.83. The summed E-state index contributed by atoms with van der Waals surface area (Å²) in [6.45, 7) is 2.94. The molecule has 0 fully saturated rings. The third-order valence-electron chi connectivity index (χ3n) is 4.58. The number of aromatic nitrogens is 3. The molecule has 5 nitrogen and oxygen atoms in total. The molecule has 0 aliphatic carbocycles. The van der Waals surface area contributed by atoms with E-state index in [-0.39, 0.29) is 0 Å². The number of rotatable bonds is 5. The van der Waals surface area contributed by atoms with E-state index in [1.54, 1.807) is 6.20 Å². The number of anilines is 3. The Morgan fingerprint density at radius 2 is 2.08 bits per heavy atom. The van der Waals surface area contributed by atoms with E-state index in [0.29, 0.717) is 12.0 Å². The van der Waals surface area contributed by atoms with Crippen molar-refractivity contribution in [2.24, 2.45) is 0 Å². The molecular formula is C20H20ClN5. The monoisotopic (exact) mass is 365 g/mol. The van der Waals surface area contributed by atoms with Gasteiger partial charge in [-0.05, 0) is 49.1 Å². The van der Waals surface area contributed by atoms with Gasteiger partial charge < -0.3 is 10.2 Å². The molecular weight excluding hydrogens is 346 g/mol. The number of benzene rings is 2. The van der Waals surface area contributed by atoms with Gasteiger partial charge in [-0.1, -0.05) is 41.9 Å². The van der Waals surface area contributed by atoms with E-state index in [9.17, 15) is 0 Å². The molecule has 0 saturated heterocycles. The van der Waals surface area contributed by atoms with Gasteiger partial charge >= 0.3 is 0 Å². The maximum absolute atomic E-state index is 6.03. The van der Waals surface area contributed by atoms with E-state index in [0.717, 1.165) is 35.9 Å². The molecule has 1 aromatic heterocycles. The SMILES string of the molecule is CC1Cc2ccccc2N1c1nncc(NCCc2cccc(Cl)c2)n1. The number of hydrogen-bond acceptors (Lipinski definition) is 5. The lowest BCUT2D eigenvalue weighted by Crippen LogP contribution is -2.26. The fourth-order valence-corrected chi connectivity index (χ4v) is 3.59. The third kappa shape index (κ3) is 3.48. The van der Waals surface area contributed by atoms with Gasteiger partial charge in [0.2, 0.25) is 0 Å². The van der Waals surface area contributed by atoms with Crippen molar-refractivity contribution < 1.29 is 0 Å². The van der Waals surface area contributed by atoms with E-state index in [4.69, 9.17) is 11.6 Å². The lowest BCUT2D eigenvalue weighted by molar-refractivity contribution is 0.729. The molecule has 2 aromatic carbocycles. The highest BCUT2D eigenvalue weighted by Crippen LogP contribution is 2.36. The number of hydrogen-bond donors (Lipinski definition) is 1. The molecule has 132 valence electrons. The van der Waals surface area contributed by atoms with Gasteiger partial charge in [-0.15, -0.1) is 5.10 Å². The van der Waals surface area contributed by atoms with Crippen LogP contribution in [0.15, 0.2) is 54.7 Å². The highest BCUT2D eigenvalue weighted by Gasteiger charge is 2.29. The second kappa shape index (κ2) is 7.30. The Labute approximate surface area is 158 Å². The Morgan fingerprint density at radius 1 is 1.19 bits per heavy atom.